The maximum Gasteiger partial charge on any atom is 0.272 e. The number of ketones is 1. The summed E-state index contributed by atoms with van der Waals surface area (Å²) >= 11 is 0. The molecule has 37 heavy (non-hydrogen) atoms. The van der Waals surface area contributed by atoms with E-state index in [1.54, 1.807) is 0 Å². The van der Waals surface area contributed by atoms with Gasteiger partial charge in [-0.1, -0.05) is 34.1 Å². The van der Waals surface area contributed by atoms with Gasteiger partial charge in [0.25, 0.3) is 5.91 Å². The number of aromatic nitrogens is 2. The molecular weight excluding hydrogens is 481 g/mol. The Hall–Kier alpha value is -2.68. The highest BCUT2D eigenvalue weighted by molar-refractivity contribution is 5.98. The number of Topliss-reactive ketones (excluding diaryl/α,β-unsaturated/α-hetero) is 1. The maximum atomic E-state index is 14.1. The van der Waals surface area contributed by atoms with E-state index in [1.807, 2.05) is 39.3 Å². The summed E-state index contributed by atoms with van der Waals surface area (Å²) in [4.78, 5) is 33.8. The van der Waals surface area contributed by atoms with E-state index < -0.39 is 35.7 Å². The summed E-state index contributed by atoms with van der Waals surface area (Å²) in [6.45, 7) is 10.2. The summed E-state index contributed by atoms with van der Waals surface area (Å²) in [7, 11) is 1.97. The molecule has 1 N–H and O–H groups in total. The SMILES string of the molecule is CC(CCCCF)C(=O)C(NC(=O)c1nc(-c2ccc(F)c(F)c2)n2c1CN(C)C(C)CC2)C(C)(C)C. The zero-order valence-electron chi connectivity index (χ0n) is 22.7. The summed E-state index contributed by atoms with van der Waals surface area (Å²) in [5.74, 6) is -2.47. The first kappa shape index (κ1) is 28.9. The predicted octanol–water partition coefficient (Wildman–Crippen LogP) is 5.54. The highest BCUT2D eigenvalue weighted by Gasteiger charge is 2.37. The second kappa shape index (κ2) is 11.8. The lowest BCUT2D eigenvalue weighted by Crippen LogP contribution is -2.51. The number of hydrogen-bond donors (Lipinski definition) is 1. The number of alkyl halides is 1. The maximum absolute atomic E-state index is 14.1. The van der Waals surface area contributed by atoms with Crippen LogP contribution in [0.25, 0.3) is 11.4 Å². The summed E-state index contributed by atoms with van der Waals surface area (Å²) in [6.07, 6.45) is 2.35. The van der Waals surface area contributed by atoms with Gasteiger partial charge < -0.3 is 9.88 Å². The zero-order valence-corrected chi connectivity index (χ0v) is 22.7. The fourth-order valence-electron chi connectivity index (χ4n) is 4.74. The number of hydrogen-bond acceptors (Lipinski definition) is 4. The number of rotatable bonds is 9. The van der Waals surface area contributed by atoms with Crippen LogP contribution in [0.4, 0.5) is 13.2 Å². The molecule has 9 heteroatoms. The van der Waals surface area contributed by atoms with Crippen molar-refractivity contribution in [3.63, 3.8) is 0 Å². The lowest BCUT2D eigenvalue weighted by Gasteiger charge is -2.32. The van der Waals surface area contributed by atoms with Gasteiger partial charge in [-0.05, 0) is 56.8 Å². The Kier molecular flexibility index (Phi) is 9.21. The Morgan fingerprint density at radius 1 is 1.19 bits per heavy atom. The molecule has 1 aliphatic heterocycles. The van der Waals surface area contributed by atoms with Gasteiger partial charge in [-0.25, -0.2) is 13.8 Å². The van der Waals surface area contributed by atoms with E-state index in [1.165, 1.54) is 6.07 Å². The quantitative estimate of drug-likeness (QED) is 0.441. The minimum atomic E-state index is -0.986. The third-order valence-corrected chi connectivity index (χ3v) is 7.32. The third kappa shape index (κ3) is 6.61. The molecule has 0 spiro atoms. The van der Waals surface area contributed by atoms with Crippen molar-refractivity contribution in [3.05, 3.63) is 41.2 Å². The van der Waals surface area contributed by atoms with Gasteiger partial charge in [0.15, 0.2) is 23.1 Å². The molecule has 0 saturated carbocycles. The molecule has 1 amide bonds. The van der Waals surface area contributed by atoms with Gasteiger partial charge in [0.2, 0.25) is 0 Å². The Balaban J connectivity index is 1.99. The normalized spacial score (nSPS) is 18.1. The molecule has 2 heterocycles. The molecule has 0 bridgehead atoms. The average molecular weight is 521 g/mol. The Bertz CT molecular complexity index is 1130. The van der Waals surface area contributed by atoms with Crippen LogP contribution in [0.3, 0.4) is 0 Å². The van der Waals surface area contributed by atoms with Crippen molar-refractivity contribution in [2.45, 2.75) is 85.5 Å². The van der Waals surface area contributed by atoms with Crippen molar-refractivity contribution in [2.24, 2.45) is 11.3 Å². The van der Waals surface area contributed by atoms with Crippen molar-refractivity contribution in [1.82, 2.24) is 19.8 Å². The molecule has 0 radical (unpaired) electrons. The number of imidazole rings is 1. The topological polar surface area (TPSA) is 67.2 Å². The van der Waals surface area contributed by atoms with Crippen LogP contribution in [-0.4, -0.2) is 51.9 Å². The number of unbranched alkanes of at least 4 members (excludes halogenated alkanes) is 1. The predicted molar refractivity (Wildman–Crippen MR) is 138 cm³/mol. The molecule has 0 saturated heterocycles. The number of nitrogens with zero attached hydrogens (tertiary/aromatic N) is 3. The van der Waals surface area contributed by atoms with Gasteiger partial charge in [0, 0.05) is 30.6 Å². The molecule has 2 aromatic rings. The molecule has 0 aliphatic carbocycles. The van der Waals surface area contributed by atoms with Crippen LogP contribution in [0.5, 0.6) is 0 Å². The minimum Gasteiger partial charge on any atom is -0.340 e. The highest BCUT2D eigenvalue weighted by Crippen LogP contribution is 2.30. The van der Waals surface area contributed by atoms with E-state index in [4.69, 9.17) is 0 Å². The smallest absolute Gasteiger partial charge is 0.272 e. The first-order chi connectivity index (χ1) is 17.3. The molecular formula is C28H39F3N4O2. The fourth-order valence-corrected chi connectivity index (χ4v) is 4.74. The molecule has 3 unspecified atom stereocenters. The first-order valence-corrected chi connectivity index (χ1v) is 13.0. The van der Waals surface area contributed by atoms with Gasteiger partial charge in [-0.3, -0.25) is 18.9 Å². The molecule has 1 aliphatic rings. The van der Waals surface area contributed by atoms with Crippen LogP contribution in [0.15, 0.2) is 18.2 Å². The molecule has 3 atom stereocenters. The number of halogens is 3. The van der Waals surface area contributed by atoms with Crippen LogP contribution in [0.2, 0.25) is 0 Å². The van der Waals surface area contributed by atoms with Gasteiger partial charge in [0.05, 0.1) is 18.4 Å². The second-order valence-corrected chi connectivity index (χ2v) is 11.3. The van der Waals surface area contributed by atoms with E-state index in [2.05, 4.69) is 22.1 Å². The van der Waals surface area contributed by atoms with Crippen molar-refractivity contribution in [3.8, 4) is 11.4 Å². The van der Waals surface area contributed by atoms with Crippen LogP contribution in [-0.2, 0) is 17.9 Å². The van der Waals surface area contributed by atoms with E-state index >= 15 is 0 Å². The molecule has 1 aromatic heterocycles. The largest absolute Gasteiger partial charge is 0.340 e. The number of amides is 1. The van der Waals surface area contributed by atoms with Crippen molar-refractivity contribution < 1.29 is 22.8 Å². The number of fused-ring (bicyclic) bond motifs is 1. The van der Waals surface area contributed by atoms with Crippen LogP contribution >= 0.6 is 0 Å². The lowest BCUT2D eigenvalue weighted by atomic mass is 9.79. The summed E-state index contributed by atoms with van der Waals surface area (Å²) in [6, 6.07) is 3.06. The molecule has 6 nitrogen and oxygen atoms in total. The Labute approximate surface area is 217 Å². The number of carbonyl (C=O) groups is 2. The van der Waals surface area contributed by atoms with Crippen LogP contribution in [0, 0.1) is 23.0 Å². The van der Waals surface area contributed by atoms with Gasteiger partial charge in [-0.2, -0.15) is 0 Å². The first-order valence-electron chi connectivity index (χ1n) is 13.0. The van der Waals surface area contributed by atoms with E-state index in [0.717, 1.165) is 18.6 Å². The fraction of sp³-hybridized carbons (Fsp3) is 0.607. The standard InChI is InChI=1S/C28H39F3N4O2/c1-17(9-7-8-13-29)24(36)25(28(3,4)5)33-27(37)23-22-16-34(6)18(2)12-14-35(22)26(32-23)19-10-11-20(30)21(31)15-19/h10-11,15,17-18,25H,7-9,12-14,16H2,1-6H3,(H,33,37). The molecule has 1 aromatic carbocycles. The second-order valence-electron chi connectivity index (χ2n) is 11.3. The van der Waals surface area contributed by atoms with Crippen LogP contribution in [0.1, 0.15) is 76.5 Å². The summed E-state index contributed by atoms with van der Waals surface area (Å²) < 4.78 is 42.2. The molecule has 204 valence electrons. The number of benzene rings is 1. The van der Waals surface area contributed by atoms with Gasteiger partial charge >= 0.3 is 0 Å². The van der Waals surface area contributed by atoms with Crippen molar-refractivity contribution in [2.75, 3.05) is 13.7 Å². The zero-order chi connectivity index (χ0) is 27.5. The number of nitrogens with one attached hydrogen (secondary N) is 1. The minimum absolute atomic E-state index is 0.100. The van der Waals surface area contributed by atoms with E-state index in [-0.39, 0.29) is 23.4 Å². The monoisotopic (exact) mass is 520 g/mol. The van der Waals surface area contributed by atoms with Crippen molar-refractivity contribution >= 4 is 11.7 Å². The summed E-state index contributed by atoms with van der Waals surface area (Å²) in [5.41, 5.74) is 0.653. The summed E-state index contributed by atoms with van der Waals surface area (Å²) in [5, 5.41) is 2.94. The van der Waals surface area contributed by atoms with Gasteiger partial charge in [-0.15, -0.1) is 0 Å². The van der Waals surface area contributed by atoms with Crippen LogP contribution < -0.4 is 5.32 Å². The Morgan fingerprint density at radius 3 is 2.51 bits per heavy atom. The van der Waals surface area contributed by atoms with Crippen molar-refractivity contribution in [1.29, 1.82) is 0 Å². The Morgan fingerprint density at radius 2 is 1.89 bits per heavy atom. The highest BCUT2D eigenvalue weighted by atomic mass is 19.2. The number of carbonyl (C=O) groups excluding carboxylic acids is 2. The van der Waals surface area contributed by atoms with Gasteiger partial charge in [0.1, 0.15) is 5.82 Å². The lowest BCUT2D eigenvalue weighted by molar-refractivity contribution is -0.126. The molecule has 3 rings (SSSR count). The molecule has 0 fully saturated rings. The average Bonchev–Trinajstić information content (AvgIpc) is 3.12. The third-order valence-electron chi connectivity index (χ3n) is 7.32. The van der Waals surface area contributed by atoms with E-state index in [0.29, 0.717) is 49.4 Å². The van der Waals surface area contributed by atoms with E-state index in [9.17, 15) is 22.8 Å².